The zero-order valence-electron chi connectivity index (χ0n) is 16.2. The first-order valence-electron chi connectivity index (χ1n) is 9.98. The third-order valence-corrected chi connectivity index (χ3v) is 6.39. The Balaban J connectivity index is 1.19. The minimum absolute atomic E-state index is 0.0334. The van der Waals surface area contributed by atoms with Crippen molar-refractivity contribution in [2.75, 3.05) is 0 Å². The Morgan fingerprint density at radius 3 is 2.90 bits per heavy atom. The third-order valence-electron chi connectivity index (χ3n) is 6.06. The Labute approximate surface area is 178 Å². The molecule has 1 unspecified atom stereocenters. The van der Waals surface area contributed by atoms with Gasteiger partial charge >= 0.3 is 0 Å². The van der Waals surface area contributed by atoms with Crippen LogP contribution in [0.25, 0.3) is 0 Å². The van der Waals surface area contributed by atoms with Gasteiger partial charge in [0, 0.05) is 31.4 Å². The molecule has 0 radical (unpaired) electrons. The Bertz CT molecular complexity index is 1010. The number of amides is 1. The monoisotopic (exact) mass is 425 g/mol. The number of nitriles is 1. The zero-order chi connectivity index (χ0) is 20.7. The highest BCUT2D eigenvalue weighted by molar-refractivity contribution is 6.31. The minimum atomic E-state index is -0.775. The van der Waals surface area contributed by atoms with Crippen LogP contribution in [0, 0.1) is 11.3 Å². The van der Waals surface area contributed by atoms with E-state index in [1.54, 1.807) is 30.9 Å². The Kier molecular flexibility index (Phi) is 4.89. The molecule has 1 amide bonds. The fraction of sp³-hybridized carbons (Fsp3) is 0.476. The lowest BCUT2D eigenvalue weighted by Gasteiger charge is -2.42. The number of aromatic nitrogens is 3. The molecule has 1 saturated carbocycles. The number of pyridine rings is 1. The molecule has 0 bridgehead atoms. The van der Waals surface area contributed by atoms with Crippen LogP contribution in [0.4, 0.5) is 0 Å². The highest BCUT2D eigenvalue weighted by atomic mass is 35.5. The maximum absolute atomic E-state index is 13.2. The fourth-order valence-corrected chi connectivity index (χ4v) is 4.81. The summed E-state index contributed by atoms with van der Waals surface area (Å²) in [5.74, 6) is 0.0334. The number of hydrogen-bond acceptors (Lipinski definition) is 7. The van der Waals surface area contributed by atoms with Gasteiger partial charge < -0.3 is 14.4 Å². The lowest BCUT2D eigenvalue weighted by atomic mass is 9.76. The van der Waals surface area contributed by atoms with E-state index < -0.39 is 5.60 Å². The van der Waals surface area contributed by atoms with Crippen LogP contribution in [0.1, 0.15) is 48.7 Å². The van der Waals surface area contributed by atoms with E-state index in [0.717, 1.165) is 24.1 Å². The van der Waals surface area contributed by atoms with Crippen LogP contribution in [-0.2, 0) is 27.3 Å². The summed E-state index contributed by atoms with van der Waals surface area (Å²) in [6, 6.07) is 3.74. The summed E-state index contributed by atoms with van der Waals surface area (Å²) in [4.78, 5) is 27.8. The minimum Gasteiger partial charge on any atom is -0.373 e. The van der Waals surface area contributed by atoms with Gasteiger partial charge in [0.1, 0.15) is 6.23 Å². The maximum atomic E-state index is 13.2. The van der Waals surface area contributed by atoms with Crippen molar-refractivity contribution < 1.29 is 14.3 Å². The van der Waals surface area contributed by atoms with Crippen LogP contribution in [0.5, 0.6) is 0 Å². The predicted molar refractivity (Wildman–Crippen MR) is 105 cm³/mol. The van der Waals surface area contributed by atoms with Crippen LogP contribution in [-0.4, -0.2) is 43.7 Å². The van der Waals surface area contributed by atoms with Crippen LogP contribution in [0.3, 0.4) is 0 Å². The second-order valence-corrected chi connectivity index (χ2v) is 8.36. The molecule has 0 aromatic carbocycles. The van der Waals surface area contributed by atoms with Crippen LogP contribution in [0.15, 0.2) is 30.9 Å². The first-order valence-corrected chi connectivity index (χ1v) is 10.4. The molecule has 2 aliphatic heterocycles. The Morgan fingerprint density at radius 2 is 2.17 bits per heavy atom. The van der Waals surface area contributed by atoms with E-state index in [1.807, 2.05) is 11.0 Å². The van der Waals surface area contributed by atoms with Crippen molar-refractivity contribution in [2.24, 2.45) is 0 Å². The Morgan fingerprint density at radius 1 is 1.30 bits per heavy atom. The third kappa shape index (κ3) is 3.23. The summed E-state index contributed by atoms with van der Waals surface area (Å²) in [6.07, 6.45) is 9.33. The molecule has 3 aliphatic rings. The molecule has 2 saturated heterocycles. The van der Waals surface area contributed by atoms with E-state index in [-0.39, 0.29) is 30.7 Å². The number of ether oxygens (including phenoxy) is 2. The number of carbonyl (C=O) groups excluding carboxylic acids is 1. The summed E-state index contributed by atoms with van der Waals surface area (Å²) in [5.41, 5.74) is 1.44. The van der Waals surface area contributed by atoms with Gasteiger partial charge in [0.05, 0.1) is 53.9 Å². The standard InChI is InChI=1S/C21H20ClN5O3/c22-15-7-13(10-26-16(15)3-4-23)12-29-14-8-21(9-14)20(28)27-18(1-2-19(27)30-21)17-11-24-5-6-25-17/h5-7,10-11,14,18-19H,1-3,8-9,12H2/t14?,18-,19?,21?/m0/s1. The van der Waals surface area contributed by atoms with E-state index in [9.17, 15) is 4.79 Å². The molecule has 2 atom stereocenters. The quantitative estimate of drug-likeness (QED) is 0.725. The van der Waals surface area contributed by atoms with Gasteiger partial charge in [-0.3, -0.25) is 19.7 Å². The molecule has 3 fully saturated rings. The molecular weight excluding hydrogens is 406 g/mol. The molecule has 154 valence electrons. The average Bonchev–Trinajstić information content (AvgIpc) is 3.26. The lowest BCUT2D eigenvalue weighted by Crippen LogP contribution is -2.54. The van der Waals surface area contributed by atoms with Gasteiger partial charge in [-0.05, 0) is 24.5 Å². The molecule has 2 aromatic rings. The predicted octanol–water partition coefficient (Wildman–Crippen LogP) is 2.73. The summed E-state index contributed by atoms with van der Waals surface area (Å²) < 4.78 is 12.2. The number of hydrogen-bond donors (Lipinski definition) is 0. The van der Waals surface area contributed by atoms with Gasteiger partial charge in [-0.25, -0.2) is 0 Å². The maximum Gasteiger partial charge on any atom is 0.257 e. The number of carbonyl (C=O) groups is 1. The van der Waals surface area contributed by atoms with Crippen molar-refractivity contribution in [1.82, 2.24) is 19.9 Å². The number of rotatable bonds is 5. The lowest BCUT2D eigenvalue weighted by molar-refractivity contribution is -0.177. The second kappa shape index (κ2) is 7.58. The Hall–Kier alpha value is -2.60. The summed E-state index contributed by atoms with van der Waals surface area (Å²) >= 11 is 6.16. The van der Waals surface area contributed by atoms with Gasteiger partial charge in [-0.15, -0.1) is 0 Å². The highest BCUT2D eigenvalue weighted by Crippen LogP contribution is 2.51. The molecule has 4 heterocycles. The molecule has 5 rings (SSSR count). The summed E-state index contributed by atoms with van der Waals surface area (Å²) in [6.45, 7) is 0.351. The van der Waals surface area contributed by atoms with Crippen molar-refractivity contribution in [3.63, 3.8) is 0 Å². The smallest absolute Gasteiger partial charge is 0.257 e. The SMILES string of the molecule is N#CCc1ncc(COC2CC3(C2)OC2CC[C@@H](c4cnccn4)N2C3=O)cc1Cl. The highest BCUT2D eigenvalue weighted by Gasteiger charge is 2.63. The summed E-state index contributed by atoms with van der Waals surface area (Å²) in [5, 5.41) is 9.23. The normalized spacial score (nSPS) is 29.7. The van der Waals surface area contributed by atoms with Crippen LogP contribution >= 0.6 is 11.6 Å². The van der Waals surface area contributed by atoms with Crippen LogP contribution < -0.4 is 0 Å². The van der Waals surface area contributed by atoms with E-state index in [1.165, 1.54) is 0 Å². The number of fused-ring (bicyclic) bond motifs is 1. The van der Waals surface area contributed by atoms with Crippen molar-refractivity contribution in [3.05, 3.63) is 52.8 Å². The molecule has 30 heavy (non-hydrogen) atoms. The molecule has 8 nitrogen and oxygen atoms in total. The van der Waals surface area contributed by atoms with Gasteiger partial charge in [-0.1, -0.05) is 11.6 Å². The molecule has 1 aliphatic carbocycles. The van der Waals surface area contributed by atoms with E-state index in [0.29, 0.717) is 30.2 Å². The first-order chi connectivity index (χ1) is 14.6. The van der Waals surface area contributed by atoms with Crippen molar-refractivity contribution in [3.8, 4) is 6.07 Å². The largest absolute Gasteiger partial charge is 0.373 e. The first kappa shape index (κ1) is 19.4. The average molecular weight is 426 g/mol. The second-order valence-electron chi connectivity index (χ2n) is 7.95. The summed E-state index contributed by atoms with van der Waals surface area (Å²) in [7, 11) is 0. The fourth-order valence-electron chi connectivity index (χ4n) is 4.55. The van der Waals surface area contributed by atoms with Gasteiger partial charge in [-0.2, -0.15) is 5.26 Å². The number of nitrogens with zero attached hydrogens (tertiary/aromatic N) is 5. The molecule has 2 aromatic heterocycles. The van der Waals surface area contributed by atoms with Crippen molar-refractivity contribution in [2.45, 2.75) is 62.7 Å². The number of halogens is 1. The van der Waals surface area contributed by atoms with Crippen molar-refractivity contribution >= 4 is 17.5 Å². The van der Waals surface area contributed by atoms with Crippen molar-refractivity contribution in [1.29, 1.82) is 5.26 Å². The molecule has 0 N–H and O–H groups in total. The van der Waals surface area contributed by atoms with E-state index >= 15 is 0 Å². The van der Waals surface area contributed by atoms with Gasteiger partial charge in [0.2, 0.25) is 0 Å². The van der Waals surface area contributed by atoms with Gasteiger partial charge in [0.25, 0.3) is 5.91 Å². The zero-order valence-corrected chi connectivity index (χ0v) is 17.0. The topological polar surface area (TPSA) is 101 Å². The van der Waals surface area contributed by atoms with E-state index in [2.05, 4.69) is 15.0 Å². The van der Waals surface area contributed by atoms with E-state index in [4.69, 9.17) is 26.3 Å². The molecule has 1 spiro atoms. The molecular formula is C21H20ClN5O3. The van der Waals surface area contributed by atoms with Gasteiger partial charge in [0.15, 0.2) is 5.60 Å². The van der Waals surface area contributed by atoms with Crippen LogP contribution in [0.2, 0.25) is 5.02 Å². The molecule has 9 heteroatoms.